The first kappa shape index (κ1) is 16.6. The van der Waals surface area contributed by atoms with Crippen LogP contribution in [0.3, 0.4) is 0 Å². The summed E-state index contributed by atoms with van der Waals surface area (Å²) in [4.78, 5) is 14.3. The maximum absolute atomic E-state index is 12.2. The van der Waals surface area contributed by atoms with Crippen molar-refractivity contribution in [2.45, 2.75) is 38.6 Å². The number of nitrogens with one attached hydrogen (secondary N) is 2. The van der Waals surface area contributed by atoms with Crippen molar-refractivity contribution in [3.8, 4) is 0 Å². The van der Waals surface area contributed by atoms with Gasteiger partial charge in [-0.1, -0.05) is 12.1 Å². The molecule has 5 heteroatoms. The normalized spacial score (nSPS) is 21.2. The molecule has 0 aromatic heterocycles. The molecule has 22 heavy (non-hydrogen) atoms. The number of rotatable bonds is 5. The molecule has 1 aliphatic rings. The second-order valence-corrected chi connectivity index (χ2v) is 6.03. The van der Waals surface area contributed by atoms with Crippen LogP contribution in [-0.2, 0) is 0 Å². The third-order valence-electron chi connectivity index (χ3n) is 4.48. The summed E-state index contributed by atoms with van der Waals surface area (Å²) >= 11 is 0. The van der Waals surface area contributed by atoms with Crippen molar-refractivity contribution in [2.24, 2.45) is 5.92 Å². The molecule has 5 nitrogen and oxygen atoms in total. The Balaban J connectivity index is 1.90. The zero-order valence-corrected chi connectivity index (χ0v) is 13.5. The highest BCUT2D eigenvalue weighted by Gasteiger charge is 2.22. The molecule has 1 aromatic carbocycles. The van der Waals surface area contributed by atoms with E-state index in [0.717, 1.165) is 43.6 Å². The minimum absolute atomic E-state index is 0.149. The molecule has 0 bridgehead atoms. The van der Waals surface area contributed by atoms with E-state index in [4.69, 9.17) is 5.11 Å². The average molecular weight is 305 g/mol. The van der Waals surface area contributed by atoms with Crippen molar-refractivity contribution in [1.29, 1.82) is 0 Å². The van der Waals surface area contributed by atoms with Crippen LogP contribution in [0.25, 0.3) is 0 Å². The minimum Gasteiger partial charge on any atom is -0.396 e. The van der Waals surface area contributed by atoms with Crippen molar-refractivity contribution >= 4 is 17.4 Å². The molecular formula is C17H27N3O2. The number of carbonyl (C=O) groups excluding carboxylic acids is 1. The molecule has 1 aliphatic carbocycles. The van der Waals surface area contributed by atoms with Crippen LogP contribution in [-0.4, -0.2) is 37.4 Å². The maximum Gasteiger partial charge on any atom is 0.319 e. The number of benzene rings is 1. The number of nitrogens with zero attached hydrogens (tertiary/aromatic N) is 1. The fourth-order valence-electron chi connectivity index (χ4n) is 2.92. The van der Waals surface area contributed by atoms with Crippen molar-refractivity contribution < 1.29 is 9.90 Å². The molecule has 0 unspecified atom stereocenters. The molecule has 0 radical (unpaired) electrons. The third-order valence-corrected chi connectivity index (χ3v) is 4.48. The highest BCUT2D eigenvalue weighted by Crippen LogP contribution is 2.25. The van der Waals surface area contributed by atoms with Gasteiger partial charge in [0.1, 0.15) is 0 Å². The van der Waals surface area contributed by atoms with Crippen LogP contribution in [0.4, 0.5) is 16.2 Å². The van der Waals surface area contributed by atoms with Gasteiger partial charge >= 0.3 is 6.03 Å². The molecule has 0 atom stereocenters. The summed E-state index contributed by atoms with van der Waals surface area (Å²) in [6, 6.07) is 7.88. The molecule has 0 heterocycles. The van der Waals surface area contributed by atoms with Crippen molar-refractivity contribution in [2.75, 3.05) is 30.4 Å². The Morgan fingerprint density at radius 2 is 1.95 bits per heavy atom. The Morgan fingerprint density at radius 3 is 2.59 bits per heavy atom. The predicted molar refractivity (Wildman–Crippen MR) is 90.4 cm³/mol. The van der Waals surface area contributed by atoms with Gasteiger partial charge in [0.05, 0.1) is 11.4 Å². The van der Waals surface area contributed by atoms with Crippen molar-refractivity contribution in [3.63, 3.8) is 0 Å². The van der Waals surface area contributed by atoms with Crippen LogP contribution in [0, 0.1) is 5.92 Å². The van der Waals surface area contributed by atoms with Crippen LogP contribution < -0.4 is 15.5 Å². The summed E-state index contributed by atoms with van der Waals surface area (Å²) in [5.41, 5.74) is 1.84. The lowest BCUT2D eigenvalue weighted by Crippen LogP contribution is -2.40. The Kier molecular flexibility index (Phi) is 6.07. The first-order valence-corrected chi connectivity index (χ1v) is 8.12. The summed E-state index contributed by atoms with van der Waals surface area (Å²) in [7, 11) is 2.01. The first-order valence-electron chi connectivity index (χ1n) is 8.12. The van der Waals surface area contributed by atoms with Crippen LogP contribution in [0.5, 0.6) is 0 Å². The van der Waals surface area contributed by atoms with Gasteiger partial charge in [0.25, 0.3) is 0 Å². The summed E-state index contributed by atoms with van der Waals surface area (Å²) in [6.07, 6.45) is 3.84. The van der Waals surface area contributed by atoms with E-state index in [2.05, 4.69) is 22.5 Å². The van der Waals surface area contributed by atoms with Crippen LogP contribution >= 0.6 is 0 Å². The van der Waals surface area contributed by atoms with E-state index in [1.807, 2.05) is 31.3 Å². The molecule has 2 rings (SSSR count). The fourth-order valence-corrected chi connectivity index (χ4v) is 2.92. The molecule has 3 N–H and O–H groups in total. The molecular weight excluding hydrogens is 278 g/mol. The predicted octanol–water partition coefficient (Wildman–Crippen LogP) is 2.82. The van der Waals surface area contributed by atoms with E-state index < -0.39 is 0 Å². The lowest BCUT2D eigenvalue weighted by atomic mass is 9.87. The number of aliphatic hydroxyl groups excluding tert-OH is 1. The number of anilines is 2. The number of amides is 2. The lowest BCUT2D eigenvalue weighted by molar-refractivity contribution is 0.176. The molecule has 122 valence electrons. The second-order valence-electron chi connectivity index (χ2n) is 6.03. The monoisotopic (exact) mass is 305 g/mol. The third kappa shape index (κ3) is 4.37. The number of para-hydroxylation sites is 2. The van der Waals surface area contributed by atoms with E-state index in [1.165, 1.54) is 0 Å². The van der Waals surface area contributed by atoms with Gasteiger partial charge in [-0.2, -0.15) is 0 Å². The van der Waals surface area contributed by atoms with E-state index in [9.17, 15) is 4.79 Å². The van der Waals surface area contributed by atoms with Gasteiger partial charge in [-0.25, -0.2) is 4.79 Å². The first-order chi connectivity index (χ1) is 10.6. The van der Waals surface area contributed by atoms with Gasteiger partial charge in [-0.3, -0.25) is 0 Å². The zero-order chi connectivity index (χ0) is 15.9. The highest BCUT2D eigenvalue weighted by molar-refractivity contribution is 5.93. The van der Waals surface area contributed by atoms with E-state index in [1.54, 1.807) is 0 Å². The summed E-state index contributed by atoms with van der Waals surface area (Å²) in [6.45, 7) is 3.22. The van der Waals surface area contributed by atoms with Gasteiger partial charge in [-0.15, -0.1) is 0 Å². The number of hydrogen-bond acceptors (Lipinski definition) is 3. The molecule has 0 aliphatic heterocycles. The Bertz CT molecular complexity index is 485. The van der Waals surface area contributed by atoms with Gasteiger partial charge in [0, 0.05) is 26.2 Å². The summed E-state index contributed by atoms with van der Waals surface area (Å²) in [5, 5.41) is 15.2. The quantitative estimate of drug-likeness (QED) is 0.784. The minimum atomic E-state index is -0.149. The van der Waals surface area contributed by atoms with Crippen molar-refractivity contribution in [1.82, 2.24) is 5.32 Å². The molecule has 1 fully saturated rings. The highest BCUT2D eigenvalue weighted by atomic mass is 16.3. The fraction of sp³-hybridized carbons (Fsp3) is 0.588. The molecule has 0 saturated heterocycles. The number of aliphatic hydroxyl groups is 1. The Hall–Kier alpha value is -1.75. The number of carbonyl (C=O) groups is 1. The lowest BCUT2D eigenvalue weighted by Gasteiger charge is -2.28. The average Bonchev–Trinajstić information content (AvgIpc) is 2.55. The molecule has 1 saturated carbocycles. The van der Waals surface area contributed by atoms with E-state index in [-0.39, 0.29) is 18.7 Å². The summed E-state index contributed by atoms with van der Waals surface area (Å²) in [5.74, 6) is 0.403. The second kappa shape index (κ2) is 8.03. The van der Waals surface area contributed by atoms with Crippen LogP contribution in [0.1, 0.15) is 32.6 Å². The Morgan fingerprint density at radius 1 is 1.27 bits per heavy atom. The molecule has 1 aromatic rings. The summed E-state index contributed by atoms with van der Waals surface area (Å²) < 4.78 is 0. The maximum atomic E-state index is 12.2. The van der Waals surface area contributed by atoms with Gasteiger partial charge in [0.2, 0.25) is 0 Å². The number of hydrogen-bond donors (Lipinski definition) is 3. The Labute approximate surface area is 132 Å². The van der Waals surface area contributed by atoms with E-state index in [0.29, 0.717) is 5.92 Å². The van der Waals surface area contributed by atoms with Gasteiger partial charge < -0.3 is 20.6 Å². The molecule has 0 spiro atoms. The SMILES string of the molecule is CCN(C)c1ccccc1NC(=O)NC1CCC(CO)CC1. The van der Waals surface area contributed by atoms with E-state index >= 15 is 0 Å². The number of urea groups is 1. The van der Waals surface area contributed by atoms with Crippen LogP contribution in [0.15, 0.2) is 24.3 Å². The van der Waals surface area contributed by atoms with Gasteiger partial charge in [-0.05, 0) is 50.7 Å². The molecule has 2 amide bonds. The zero-order valence-electron chi connectivity index (χ0n) is 13.5. The largest absolute Gasteiger partial charge is 0.396 e. The standard InChI is InChI=1S/C17H27N3O2/c1-3-20(2)16-7-5-4-6-15(16)19-17(22)18-14-10-8-13(12-21)9-11-14/h4-7,13-14,21H,3,8-12H2,1-2H3,(H2,18,19,22). The van der Waals surface area contributed by atoms with Crippen molar-refractivity contribution in [3.05, 3.63) is 24.3 Å². The smallest absolute Gasteiger partial charge is 0.319 e. The van der Waals surface area contributed by atoms with Gasteiger partial charge in [0.15, 0.2) is 0 Å². The van der Waals surface area contributed by atoms with Crippen LogP contribution in [0.2, 0.25) is 0 Å². The topological polar surface area (TPSA) is 64.6 Å².